The highest BCUT2D eigenvalue weighted by Gasteiger charge is 2.22. The Hall–Kier alpha value is -2.66. The van der Waals surface area contributed by atoms with E-state index in [1.807, 2.05) is 49.4 Å². The molecule has 0 saturated carbocycles. The van der Waals surface area contributed by atoms with Crippen molar-refractivity contribution in [2.45, 2.75) is 25.8 Å². The fraction of sp³-hybridized carbons (Fsp3) is 0.263. The summed E-state index contributed by atoms with van der Waals surface area (Å²) < 4.78 is 0. The number of amides is 2. The Balaban J connectivity index is 1.72. The number of nitrogens with two attached hydrogens (primary N) is 1. The van der Waals surface area contributed by atoms with Gasteiger partial charge in [-0.05, 0) is 37.1 Å². The summed E-state index contributed by atoms with van der Waals surface area (Å²) >= 11 is 0. The molecule has 0 radical (unpaired) electrons. The van der Waals surface area contributed by atoms with E-state index in [1.165, 1.54) is 0 Å². The van der Waals surface area contributed by atoms with Crippen molar-refractivity contribution < 1.29 is 9.59 Å². The Morgan fingerprint density at radius 3 is 2.62 bits per heavy atom. The number of hydrogen-bond acceptors (Lipinski definition) is 3. The van der Waals surface area contributed by atoms with Gasteiger partial charge in [-0.25, -0.2) is 0 Å². The van der Waals surface area contributed by atoms with E-state index in [9.17, 15) is 9.59 Å². The molecule has 0 spiro atoms. The second kappa shape index (κ2) is 6.84. The van der Waals surface area contributed by atoms with E-state index in [0.717, 1.165) is 29.8 Å². The summed E-state index contributed by atoms with van der Waals surface area (Å²) in [6.07, 6.45) is 1.45. The van der Waals surface area contributed by atoms with Gasteiger partial charge >= 0.3 is 0 Å². The molecular weight excluding hydrogens is 302 g/mol. The van der Waals surface area contributed by atoms with Gasteiger partial charge in [-0.2, -0.15) is 0 Å². The van der Waals surface area contributed by atoms with E-state index in [2.05, 4.69) is 5.32 Å². The minimum Gasteiger partial charge on any atom is -0.324 e. The van der Waals surface area contributed by atoms with E-state index >= 15 is 0 Å². The number of nitrogens with zero attached hydrogens (tertiary/aromatic N) is 1. The van der Waals surface area contributed by atoms with Crippen LogP contribution in [0.2, 0.25) is 0 Å². The van der Waals surface area contributed by atoms with Gasteiger partial charge in [0.2, 0.25) is 11.8 Å². The van der Waals surface area contributed by atoms with Gasteiger partial charge in [-0.3, -0.25) is 9.59 Å². The maximum absolute atomic E-state index is 12.4. The van der Waals surface area contributed by atoms with Crippen LogP contribution in [0, 0.1) is 6.92 Å². The van der Waals surface area contributed by atoms with Gasteiger partial charge in [-0.1, -0.05) is 35.9 Å². The first-order valence-electron chi connectivity index (χ1n) is 8.08. The van der Waals surface area contributed by atoms with Crippen LogP contribution in [-0.4, -0.2) is 18.4 Å². The number of benzene rings is 2. The smallest absolute Gasteiger partial charge is 0.245 e. The van der Waals surface area contributed by atoms with Gasteiger partial charge in [-0.15, -0.1) is 0 Å². The van der Waals surface area contributed by atoms with Crippen LogP contribution in [0.4, 0.5) is 11.4 Å². The molecule has 1 aliphatic rings. The van der Waals surface area contributed by atoms with Crippen molar-refractivity contribution in [3.63, 3.8) is 0 Å². The highest BCUT2D eigenvalue weighted by molar-refractivity contribution is 5.98. The first-order chi connectivity index (χ1) is 11.5. The second-order valence-corrected chi connectivity index (χ2v) is 6.08. The molecule has 124 valence electrons. The van der Waals surface area contributed by atoms with Gasteiger partial charge < -0.3 is 16.0 Å². The van der Waals surface area contributed by atoms with E-state index < -0.39 is 6.04 Å². The fourth-order valence-electron chi connectivity index (χ4n) is 2.82. The van der Waals surface area contributed by atoms with E-state index in [1.54, 1.807) is 11.0 Å². The van der Waals surface area contributed by atoms with Crippen LogP contribution in [0.25, 0.3) is 0 Å². The number of hydrogen-bond donors (Lipinski definition) is 2. The third kappa shape index (κ3) is 3.46. The number of aryl methyl sites for hydroxylation is 1. The molecule has 24 heavy (non-hydrogen) atoms. The van der Waals surface area contributed by atoms with Crippen LogP contribution in [-0.2, 0) is 9.59 Å². The van der Waals surface area contributed by atoms with Gasteiger partial charge in [0.05, 0.1) is 0 Å². The summed E-state index contributed by atoms with van der Waals surface area (Å²) in [6.45, 7) is 2.71. The molecule has 1 saturated heterocycles. The molecule has 5 nitrogen and oxygen atoms in total. The molecule has 5 heteroatoms. The predicted octanol–water partition coefficient (Wildman–Crippen LogP) is 2.76. The summed E-state index contributed by atoms with van der Waals surface area (Å²) in [5.74, 6) is -0.154. The third-order valence-corrected chi connectivity index (χ3v) is 4.22. The van der Waals surface area contributed by atoms with Crippen LogP contribution < -0.4 is 16.0 Å². The number of anilines is 2. The predicted molar refractivity (Wildman–Crippen MR) is 94.8 cm³/mol. The summed E-state index contributed by atoms with van der Waals surface area (Å²) in [5, 5.41) is 2.83. The lowest BCUT2D eigenvalue weighted by Crippen LogP contribution is -2.28. The molecular formula is C19H21N3O2. The highest BCUT2D eigenvalue weighted by Crippen LogP contribution is 2.24. The minimum atomic E-state index is -0.734. The van der Waals surface area contributed by atoms with Crippen molar-refractivity contribution in [3.05, 3.63) is 59.7 Å². The van der Waals surface area contributed by atoms with Crippen LogP contribution >= 0.6 is 0 Å². The Bertz CT molecular complexity index is 755. The zero-order valence-electron chi connectivity index (χ0n) is 13.7. The van der Waals surface area contributed by atoms with E-state index in [0.29, 0.717) is 12.1 Å². The van der Waals surface area contributed by atoms with Crippen LogP contribution in [0.5, 0.6) is 0 Å². The number of carbonyl (C=O) groups excluding carboxylic acids is 2. The summed E-state index contributed by atoms with van der Waals surface area (Å²) in [4.78, 5) is 26.0. The molecule has 1 aliphatic heterocycles. The molecule has 2 amide bonds. The third-order valence-electron chi connectivity index (χ3n) is 4.22. The van der Waals surface area contributed by atoms with Crippen molar-refractivity contribution in [1.29, 1.82) is 0 Å². The topological polar surface area (TPSA) is 75.4 Å². The maximum Gasteiger partial charge on any atom is 0.245 e. The van der Waals surface area contributed by atoms with Crippen LogP contribution in [0.15, 0.2) is 48.5 Å². The van der Waals surface area contributed by atoms with Gasteiger partial charge in [0, 0.05) is 24.3 Å². The lowest BCUT2D eigenvalue weighted by atomic mass is 10.1. The second-order valence-electron chi connectivity index (χ2n) is 6.08. The van der Waals surface area contributed by atoms with Gasteiger partial charge in [0.15, 0.2) is 0 Å². The Morgan fingerprint density at radius 2 is 1.96 bits per heavy atom. The molecule has 2 aromatic rings. The van der Waals surface area contributed by atoms with E-state index in [-0.39, 0.29) is 11.8 Å². The van der Waals surface area contributed by atoms with Crippen molar-refractivity contribution in [2.24, 2.45) is 5.73 Å². The Morgan fingerprint density at radius 1 is 1.21 bits per heavy atom. The standard InChI is InChI=1S/C19H21N3O2/c1-13-7-9-14(10-8-13)18(20)19(24)21-15-4-2-5-16(12-15)22-11-3-6-17(22)23/h2,4-5,7-10,12,18H,3,6,11,20H2,1H3,(H,21,24). The first kappa shape index (κ1) is 16.2. The van der Waals surface area contributed by atoms with Crippen LogP contribution in [0.3, 0.4) is 0 Å². The molecule has 3 N–H and O–H groups in total. The molecule has 0 bridgehead atoms. The first-order valence-corrected chi connectivity index (χ1v) is 8.08. The van der Waals surface area contributed by atoms with Gasteiger partial charge in [0.25, 0.3) is 0 Å². The summed E-state index contributed by atoms with van der Waals surface area (Å²) in [7, 11) is 0. The molecule has 0 aliphatic carbocycles. The monoisotopic (exact) mass is 323 g/mol. The molecule has 3 rings (SSSR count). The molecule has 1 unspecified atom stereocenters. The fourth-order valence-corrected chi connectivity index (χ4v) is 2.82. The quantitative estimate of drug-likeness (QED) is 0.908. The normalized spacial score (nSPS) is 15.4. The lowest BCUT2D eigenvalue weighted by Gasteiger charge is -2.18. The van der Waals surface area contributed by atoms with Crippen molar-refractivity contribution in [1.82, 2.24) is 0 Å². The molecule has 2 aromatic carbocycles. The summed E-state index contributed by atoms with van der Waals surface area (Å²) in [5.41, 5.74) is 9.37. The number of carbonyl (C=O) groups is 2. The number of rotatable bonds is 4. The molecule has 1 atom stereocenters. The lowest BCUT2D eigenvalue weighted by molar-refractivity contribution is -0.118. The summed E-state index contributed by atoms with van der Waals surface area (Å²) in [6, 6.07) is 14.2. The Labute approximate surface area is 141 Å². The van der Waals surface area contributed by atoms with Gasteiger partial charge in [0.1, 0.15) is 6.04 Å². The maximum atomic E-state index is 12.4. The zero-order valence-corrected chi connectivity index (χ0v) is 13.7. The zero-order chi connectivity index (χ0) is 17.1. The van der Waals surface area contributed by atoms with Crippen molar-refractivity contribution >= 4 is 23.2 Å². The van der Waals surface area contributed by atoms with Crippen LogP contribution in [0.1, 0.15) is 30.0 Å². The van der Waals surface area contributed by atoms with Crippen molar-refractivity contribution in [3.8, 4) is 0 Å². The van der Waals surface area contributed by atoms with Crippen molar-refractivity contribution in [2.75, 3.05) is 16.8 Å². The molecule has 1 heterocycles. The number of nitrogens with one attached hydrogen (secondary N) is 1. The largest absolute Gasteiger partial charge is 0.324 e. The average Bonchev–Trinajstić information content (AvgIpc) is 3.01. The minimum absolute atomic E-state index is 0.120. The SMILES string of the molecule is Cc1ccc(C(N)C(=O)Nc2cccc(N3CCCC3=O)c2)cc1. The average molecular weight is 323 g/mol. The molecule has 0 aromatic heterocycles. The molecule has 1 fully saturated rings. The Kier molecular flexibility index (Phi) is 4.62. The highest BCUT2D eigenvalue weighted by atomic mass is 16.2. The van der Waals surface area contributed by atoms with E-state index in [4.69, 9.17) is 5.73 Å².